The number of rotatable bonds is 6. The Morgan fingerprint density at radius 2 is 1.88 bits per heavy atom. The van der Waals surface area contributed by atoms with Gasteiger partial charge in [0.05, 0.1) is 4.90 Å². The summed E-state index contributed by atoms with van der Waals surface area (Å²) in [7, 11) is -1.87. The Balaban J connectivity index is 1.59. The lowest BCUT2D eigenvalue weighted by Gasteiger charge is -2.21. The van der Waals surface area contributed by atoms with Crippen molar-refractivity contribution in [1.29, 1.82) is 0 Å². The van der Waals surface area contributed by atoms with Crippen molar-refractivity contribution in [2.24, 2.45) is 17.8 Å². The number of nitrogens with one attached hydrogen (secondary N) is 1. The largest absolute Gasteiger partial charge is 0.352 e. The van der Waals surface area contributed by atoms with Gasteiger partial charge in [-0.25, -0.2) is 8.42 Å². The molecule has 1 aromatic carbocycles. The summed E-state index contributed by atoms with van der Waals surface area (Å²) in [6.07, 6.45) is 4.73. The molecular weight excluding hydrogens is 336 g/mol. The van der Waals surface area contributed by atoms with Crippen LogP contribution in [0.2, 0.25) is 0 Å². The third kappa shape index (κ3) is 3.75. The standard InChI is InChI=1S/C19H28N2O3S/c1-13(2)21(3)25(23,24)17-8-5-14(6-9-17)12-20-19(22)18-11-15-4-7-16(18)10-15/h5-6,8-9,13,15-16,18H,4,7,10-12H2,1-3H3,(H,20,22). The Labute approximate surface area is 150 Å². The van der Waals surface area contributed by atoms with Gasteiger partial charge in [-0.2, -0.15) is 4.31 Å². The highest BCUT2D eigenvalue weighted by Crippen LogP contribution is 2.48. The molecule has 0 spiro atoms. The van der Waals surface area contributed by atoms with E-state index in [1.165, 1.54) is 23.6 Å². The molecule has 6 heteroatoms. The Morgan fingerprint density at radius 1 is 1.20 bits per heavy atom. The van der Waals surface area contributed by atoms with E-state index in [-0.39, 0.29) is 22.8 Å². The summed E-state index contributed by atoms with van der Waals surface area (Å²) in [4.78, 5) is 12.7. The molecule has 0 saturated heterocycles. The fourth-order valence-electron chi connectivity index (χ4n) is 4.11. The SMILES string of the molecule is CC(C)N(C)S(=O)(=O)c1ccc(CNC(=O)C2CC3CCC2C3)cc1. The molecule has 0 heterocycles. The number of sulfonamides is 1. The molecule has 0 radical (unpaired) electrons. The van der Waals surface area contributed by atoms with Crippen LogP contribution in [0.15, 0.2) is 29.2 Å². The third-order valence-corrected chi connectivity index (χ3v) is 7.92. The summed E-state index contributed by atoms with van der Waals surface area (Å²) >= 11 is 0. The lowest BCUT2D eigenvalue weighted by molar-refractivity contribution is -0.126. The van der Waals surface area contributed by atoms with Gasteiger partial charge in [-0.1, -0.05) is 18.6 Å². The first-order valence-corrected chi connectivity index (χ1v) is 10.6. The zero-order chi connectivity index (χ0) is 18.2. The van der Waals surface area contributed by atoms with E-state index in [2.05, 4.69) is 5.32 Å². The molecular formula is C19H28N2O3S. The average molecular weight is 365 g/mol. The predicted molar refractivity (Wildman–Crippen MR) is 97.3 cm³/mol. The molecule has 3 unspecified atom stereocenters. The molecule has 2 bridgehead atoms. The number of hydrogen-bond acceptors (Lipinski definition) is 3. The van der Waals surface area contributed by atoms with Gasteiger partial charge in [-0.15, -0.1) is 0 Å². The monoisotopic (exact) mass is 364 g/mol. The molecule has 0 aliphatic heterocycles. The minimum Gasteiger partial charge on any atom is -0.352 e. The predicted octanol–water partition coefficient (Wildman–Crippen LogP) is 2.77. The second kappa shape index (κ2) is 7.08. The first-order chi connectivity index (χ1) is 11.8. The van der Waals surface area contributed by atoms with Gasteiger partial charge in [0.1, 0.15) is 0 Å². The van der Waals surface area contributed by atoms with E-state index >= 15 is 0 Å². The molecule has 1 amide bonds. The third-order valence-electron chi connectivity index (χ3n) is 5.87. The van der Waals surface area contributed by atoms with Crippen LogP contribution in [0.5, 0.6) is 0 Å². The van der Waals surface area contributed by atoms with E-state index in [1.54, 1.807) is 31.3 Å². The van der Waals surface area contributed by atoms with Crippen LogP contribution in [-0.2, 0) is 21.4 Å². The van der Waals surface area contributed by atoms with E-state index in [1.807, 2.05) is 13.8 Å². The van der Waals surface area contributed by atoms with Crippen LogP contribution in [-0.4, -0.2) is 31.7 Å². The Bertz CT molecular complexity index is 728. The Kier molecular flexibility index (Phi) is 5.21. The second-order valence-electron chi connectivity index (χ2n) is 7.76. The number of carbonyl (C=O) groups excluding carboxylic acids is 1. The molecule has 0 aromatic heterocycles. The molecule has 138 valence electrons. The number of fused-ring (bicyclic) bond motifs is 2. The molecule has 1 aromatic rings. The topological polar surface area (TPSA) is 66.5 Å². The molecule has 3 rings (SSSR count). The van der Waals surface area contributed by atoms with Crippen LogP contribution in [0.4, 0.5) is 0 Å². The van der Waals surface area contributed by atoms with Gasteiger partial charge >= 0.3 is 0 Å². The minimum atomic E-state index is -3.46. The van der Waals surface area contributed by atoms with Gasteiger partial charge in [0, 0.05) is 25.6 Å². The van der Waals surface area contributed by atoms with E-state index < -0.39 is 10.0 Å². The summed E-state index contributed by atoms with van der Waals surface area (Å²) in [5.41, 5.74) is 0.919. The first kappa shape index (κ1) is 18.4. The van der Waals surface area contributed by atoms with Crippen molar-refractivity contribution < 1.29 is 13.2 Å². The Hall–Kier alpha value is -1.40. The number of amides is 1. The zero-order valence-electron chi connectivity index (χ0n) is 15.2. The number of nitrogens with zero attached hydrogens (tertiary/aromatic N) is 1. The van der Waals surface area contributed by atoms with Gasteiger partial charge in [-0.05, 0) is 62.6 Å². The van der Waals surface area contributed by atoms with Crippen molar-refractivity contribution >= 4 is 15.9 Å². The fourth-order valence-corrected chi connectivity index (χ4v) is 5.48. The molecule has 2 saturated carbocycles. The second-order valence-corrected chi connectivity index (χ2v) is 9.76. The van der Waals surface area contributed by atoms with Gasteiger partial charge in [0.25, 0.3) is 0 Å². The van der Waals surface area contributed by atoms with Crippen LogP contribution in [0.1, 0.15) is 45.1 Å². The molecule has 5 nitrogen and oxygen atoms in total. The van der Waals surface area contributed by atoms with Gasteiger partial charge in [-0.3, -0.25) is 4.79 Å². The van der Waals surface area contributed by atoms with Crippen LogP contribution in [0.25, 0.3) is 0 Å². The lowest BCUT2D eigenvalue weighted by Crippen LogP contribution is -2.33. The normalized spacial score (nSPS) is 25.7. The molecule has 2 aliphatic rings. The van der Waals surface area contributed by atoms with Crippen molar-refractivity contribution in [3.05, 3.63) is 29.8 Å². The maximum Gasteiger partial charge on any atom is 0.243 e. The summed E-state index contributed by atoms with van der Waals surface area (Å²) in [6.45, 7) is 4.14. The summed E-state index contributed by atoms with van der Waals surface area (Å²) < 4.78 is 26.3. The molecule has 2 fully saturated rings. The number of carbonyl (C=O) groups is 1. The minimum absolute atomic E-state index is 0.0919. The van der Waals surface area contributed by atoms with Crippen molar-refractivity contribution in [1.82, 2.24) is 9.62 Å². The molecule has 2 aliphatic carbocycles. The Morgan fingerprint density at radius 3 is 2.40 bits per heavy atom. The summed E-state index contributed by atoms with van der Waals surface area (Å²) in [5.74, 6) is 1.66. The fraction of sp³-hybridized carbons (Fsp3) is 0.632. The summed E-state index contributed by atoms with van der Waals surface area (Å²) in [5, 5.41) is 3.03. The van der Waals surface area contributed by atoms with Crippen molar-refractivity contribution in [2.75, 3.05) is 7.05 Å². The van der Waals surface area contributed by atoms with Crippen LogP contribution < -0.4 is 5.32 Å². The number of hydrogen-bond donors (Lipinski definition) is 1. The highest BCUT2D eigenvalue weighted by Gasteiger charge is 2.42. The van der Waals surface area contributed by atoms with E-state index in [0.717, 1.165) is 17.9 Å². The zero-order valence-corrected chi connectivity index (χ0v) is 16.1. The average Bonchev–Trinajstić information content (AvgIpc) is 3.22. The quantitative estimate of drug-likeness (QED) is 0.844. The smallest absolute Gasteiger partial charge is 0.243 e. The van der Waals surface area contributed by atoms with Gasteiger partial charge in [0.15, 0.2) is 0 Å². The van der Waals surface area contributed by atoms with Crippen LogP contribution >= 0.6 is 0 Å². The first-order valence-electron chi connectivity index (χ1n) is 9.13. The molecule has 3 atom stereocenters. The van der Waals surface area contributed by atoms with E-state index in [0.29, 0.717) is 12.5 Å². The van der Waals surface area contributed by atoms with Crippen molar-refractivity contribution in [3.63, 3.8) is 0 Å². The molecule has 1 N–H and O–H groups in total. The maximum absolute atomic E-state index is 12.5. The maximum atomic E-state index is 12.5. The van der Waals surface area contributed by atoms with Crippen molar-refractivity contribution in [2.45, 2.75) is 57.0 Å². The van der Waals surface area contributed by atoms with E-state index in [9.17, 15) is 13.2 Å². The highest BCUT2D eigenvalue weighted by molar-refractivity contribution is 7.89. The van der Waals surface area contributed by atoms with Crippen LogP contribution in [0.3, 0.4) is 0 Å². The van der Waals surface area contributed by atoms with Crippen molar-refractivity contribution in [3.8, 4) is 0 Å². The number of benzene rings is 1. The van der Waals surface area contributed by atoms with E-state index in [4.69, 9.17) is 0 Å². The molecule has 25 heavy (non-hydrogen) atoms. The highest BCUT2D eigenvalue weighted by atomic mass is 32.2. The van der Waals surface area contributed by atoms with Gasteiger partial charge < -0.3 is 5.32 Å². The van der Waals surface area contributed by atoms with Crippen LogP contribution in [0, 0.1) is 17.8 Å². The lowest BCUT2D eigenvalue weighted by atomic mass is 9.88. The summed E-state index contributed by atoms with van der Waals surface area (Å²) in [6, 6.07) is 6.70. The van der Waals surface area contributed by atoms with Gasteiger partial charge in [0.2, 0.25) is 15.9 Å².